The number of methoxy groups -OCH3 is 1. The van der Waals surface area contributed by atoms with Crippen LogP contribution in [0, 0.1) is 35.5 Å². The van der Waals surface area contributed by atoms with Gasteiger partial charge in [-0.3, -0.25) is 24.5 Å². The molecular weight excluding hydrogens is 729 g/mol. The second-order valence-corrected chi connectivity index (χ2v) is 17.0. The molecule has 1 N–H and O–H groups in total. The number of benzene rings is 1. The van der Waals surface area contributed by atoms with E-state index in [0.29, 0.717) is 37.9 Å². The van der Waals surface area contributed by atoms with Gasteiger partial charge in [0.2, 0.25) is 0 Å². The van der Waals surface area contributed by atoms with E-state index in [9.17, 15) is 14.7 Å². The van der Waals surface area contributed by atoms with Gasteiger partial charge in [0.15, 0.2) is 17.7 Å². The number of carbonyl (C=O) groups excluding carboxylic acids is 3. The van der Waals surface area contributed by atoms with Crippen molar-refractivity contribution in [2.24, 2.45) is 28.7 Å². The maximum atomic E-state index is 15.0. The summed E-state index contributed by atoms with van der Waals surface area (Å²) in [5.74, 6) is 2.19. The highest BCUT2D eigenvalue weighted by Crippen LogP contribution is 2.44. The number of rotatable bonds is 6. The molecule has 5 heterocycles. The minimum Gasteiger partial charge on any atom is -0.457 e. The number of cyclic esters (lactones) is 1. The van der Waals surface area contributed by atoms with Gasteiger partial charge in [0, 0.05) is 60.8 Å². The van der Waals surface area contributed by atoms with E-state index in [0.717, 1.165) is 16.6 Å². The number of esters is 1. The van der Waals surface area contributed by atoms with Crippen molar-refractivity contribution in [2.75, 3.05) is 34.3 Å². The summed E-state index contributed by atoms with van der Waals surface area (Å²) < 4.78 is 31.9. The third-order valence-electron chi connectivity index (χ3n) is 12.8. The lowest BCUT2D eigenvalue weighted by atomic mass is 9.73. The number of aliphatic hydroxyl groups excluding tert-OH is 1. The van der Waals surface area contributed by atoms with Crippen molar-refractivity contribution >= 4 is 34.5 Å². The first kappa shape index (κ1) is 42.7. The number of ether oxygens (including phenoxy) is 5. The van der Waals surface area contributed by atoms with Crippen LogP contribution in [0.5, 0.6) is 0 Å². The highest BCUT2D eigenvalue weighted by molar-refractivity contribution is 6.01. The number of ketones is 1. The molecule has 13 nitrogen and oxygen atoms in total. The van der Waals surface area contributed by atoms with Crippen LogP contribution in [0.3, 0.4) is 0 Å². The fourth-order valence-corrected chi connectivity index (χ4v) is 9.79. The maximum absolute atomic E-state index is 15.0. The van der Waals surface area contributed by atoms with E-state index >= 15 is 4.79 Å². The van der Waals surface area contributed by atoms with Crippen LogP contribution < -0.4 is 0 Å². The topological polar surface area (TPSA) is 149 Å². The number of hydrogen-bond acceptors (Lipinski definition) is 12. The van der Waals surface area contributed by atoms with Gasteiger partial charge in [0.05, 0.1) is 35.9 Å². The Bertz CT molecular complexity index is 1910. The molecule has 2 bridgehead atoms. The normalized spacial score (nSPS) is 37.8. The maximum Gasteiger partial charge on any atom is 0.410 e. The number of nitrogens with zero attached hydrogens (tertiary/aromatic N) is 4. The van der Waals surface area contributed by atoms with Crippen LogP contribution in [0.15, 0.2) is 41.5 Å². The fraction of sp³-hybridized carbons (Fsp3) is 0.659. The lowest BCUT2D eigenvalue weighted by Crippen LogP contribution is -2.60. The SMILES string of the molecule is CC[C@@H]1OC(=O)C(CC#Cc2cnc3ccccc3c2)C(=O)[C@H](C)[C@@H](O[C@@H]2O[C@H](C)C[C@H](N(C)C)[C@H]2O)[C@@](C)(OC)C[C@@H](C)C2=NCCN3C(=O)O[C@@]1(C)[C@H]3[C@@H]2C. The van der Waals surface area contributed by atoms with Gasteiger partial charge in [-0.1, -0.05) is 57.7 Å². The number of amides is 1. The summed E-state index contributed by atoms with van der Waals surface area (Å²) in [6.07, 6.45) is -1.94. The standard InChI is InChI=1S/C44H60N4O9/c1-11-34-44(7)38-27(4)35(45-19-20-48(38)42(52)57-44)25(2)23-43(6,53-10)39(56-41-37(50)33(47(8)9)21-26(3)54-41)28(5)36(49)31(40(51)55-34)17-14-15-29-22-30-16-12-13-18-32(30)46-24-29/h12-13,16,18,22,24-28,31,33-34,37-39,41,50H,11,17,19-21,23H2,1-10H3/t25-,26-,27-,28+,31?,33+,34+,37-,38-,39-,41+,43+,44-/m1/s1. The van der Waals surface area contributed by atoms with E-state index in [4.69, 9.17) is 28.7 Å². The summed E-state index contributed by atoms with van der Waals surface area (Å²) in [4.78, 5) is 56.4. The summed E-state index contributed by atoms with van der Waals surface area (Å²) in [7, 11) is 5.38. The number of carbonyl (C=O) groups is 3. The molecule has 3 saturated heterocycles. The van der Waals surface area contributed by atoms with Crippen LogP contribution in [0.25, 0.3) is 10.9 Å². The Kier molecular flexibility index (Phi) is 12.8. The molecule has 1 aromatic carbocycles. The van der Waals surface area contributed by atoms with Crippen LogP contribution in [-0.2, 0) is 33.3 Å². The second-order valence-electron chi connectivity index (χ2n) is 17.0. The first-order chi connectivity index (χ1) is 27.0. The third kappa shape index (κ3) is 8.35. The molecule has 0 spiro atoms. The van der Waals surface area contributed by atoms with Gasteiger partial charge in [-0.25, -0.2) is 4.79 Å². The first-order valence-electron chi connectivity index (χ1n) is 20.3. The quantitative estimate of drug-likeness (QED) is 0.238. The third-order valence-corrected chi connectivity index (χ3v) is 12.8. The molecule has 57 heavy (non-hydrogen) atoms. The number of pyridine rings is 1. The molecule has 13 atom stereocenters. The summed E-state index contributed by atoms with van der Waals surface area (Å²) >= 11 is 0. The molecule has 0 aliphatic carbocycles. The predicted molar refractivity (Wildman–Crippen MR) is 214 cm³/mol. The minimum absolute atomic E-state index is 0.153. The lowest BCUT2D eigenvalue weighted by molar-refractivity contribution is -0.295. The first-order valence-corrected chi connectivity index (χ1v) is 20.3. The molecule has 1 amide bonds. The zero-order chi connectivity index (χ0) is 41.4. The largest absolute Gasteiger partial charge is 0.457 e. The zero-order valence-corrected chi connectivity index (χ0v) is 35.1. The number of aromatic nitrogens is 1. The lowest BCUT2D eigenvalue weighted by Gasteiger charge is -2.47. The highest BCUT2D eigenvalue weighted by Gasteiger charge is 2.60. The Morgan fingerprint density at radius 2 is 1.82 bits per heavy atom. The van der Waals surface area contributed by atoms with Gasteiger partial charge >= 0.3 is 12.1 Å². The molecule has 3 fully saturated rings. The molecule has 6 rings (SSSR count). The molecule has 310 valence electrons. The molecule has 4 aliphatic heterocycles. The van der Waals surface area contributed by atoms with Crippen LogP contribution in [0.1, 0.15) is 79.7 Å². The zero-order valence-electron chi connectivity index (χ0n) is 35.1. The van der Waals surface area contributed by atoms with Crippen molar-refractivity contribution in [3.05, 3.63) is 42.1 Å². The van der Waals surface area contributed by atoms with Crippen molar-refractivity contribution in [1.29, 1.82) is 0 Å². The van der Waals surface area contributed by atoms with Gasteiger partial charge < -0.3 is 33.7 Å². The van der Waals surface area contributed by atoms with E-state index in [1.165, 1.54) is 0 Å². The Morgan fingerprint density at radius 3 is 2.53 bits per heavy atom. The minimum atomic E-state index is -1.34. The van der Waals surface area contributed by atoms with Crippen LogP contribution in [-0.4, -0.2) is 132 Å². The number of para-hydroxylation sites is 1. The number of likely N-dealkylation sites (N-methyl/N-ethyl adjacent to an activating group) is 1. The summed E-state index contributed by atoms with van der Waals surface area (Å²) in [5.41, 5.74) is -0.0540. The Morgan fingerprint density at radius 1 is 1.09 bits per heavy atom. The van der Waals surface area contributed by atoms with E-state index in [1.54, 1.807) is 25.1 Å². The number of aliphatic hydroxyl groups is 1. The van der Waals surface area contributed by atoms with Crippen molar-refractivity contribution in [3.8, 4) is 11.8 Å². The van der Waals surface area contributed by atoms with Gasteiger partial charge in [-0.2, -0.15) is 0 Å². The molecular formula is C44H60N4O9. The number of fused-ring (bicyclic) bond motifs is 2. The molecule has 0 saturated carbocycles. The van der Waals surface area contributed by atoms with Crippen LogP contribution in [0.4, 0.5) is 4.79 Å². The predicted octanol–water partition coefficient (Wildman–Crippen LogP) is 5.05. The van der Waals surface area contributed by atoms with Gasteiger partial charge in [0.25, 0.3) is 0 Å². The van der Waals surface area contributed by atoms with Crippen molar-refractivity contribution < 1.29 is 43.2 Å². The van der Waals surface area contributed by atoms with E-state index in [1.807, 2.05) is 83.9 Å². The average Bonchev–Trinajstić information content (AvgIpc) is 3.30. The Balaban J connectivity index is 1.45. The van der Waals surface area contributed by atoms with Gasteiger partial charge in [-0.05, 0) is 72.2 Å². The molecule has 1 aromatic heterocycles. The summed E-state index contributed by atoms with van der Waals surface area (Å²) in [5, 5.41) is 12.5. The number of hydrogen-bond donors (Lipinski definition) is 1. The summed E-state index contributed by atoms with van der Waals surface area (Å²) in [6, 6.07) is 8.85. The molecule has 4 aliphatic rings. The van der Waals surface area contributed by atoms with Gasteiger partial charge in [0.1, 0.15) is 18.1 Å². The Labute approximate surface area is 336 Å². The van der Waals surface area contributed by atoms with E-state index in [2.05, 4.69) is 23.7 Å². The summed E-state index contributed by atoms with van der Waals surface area (Å²) in [6.45, 7) is 14.1. The number of Topliss-reactive ketones (excluding diaryl/α,β-unsaturated/α-hetero) is 1. The molecule has 0 radical (unpaired) electrons. The highest BCUT2D eigenvalue weighted by atomic mass is 16.7. The van der Waals surface area contributed by atoms with E-state index in [-0.39, 0.29) is 30.4 Å². The Hall–Kier alpha value is -3.93. The van der Waals surface area contributed by atoms with Crippen molar-refractivity contribution in [1.82, 2.24) is 14.8 Å². The monoisotopic (exact) mass is 788 g/mol. The number of aliphatic imine (C=N–C) groups is 1. The van der Waals surface area contributed by atoms with Crippen LogP contribution >= 0.6 is 0 Å². The molecule has 2 aromatic rings. The van der Waals surface area contributed by atoms with Gasteiger partial charge in [-0.15, -0.1) is 0 Å². The molecule has 1 unspecified atom stereocenters. The second kappa shape index (κ2) is 17.1. The van der Waals surface area contributed by atoms with Crippen molar-refractivity contribution in [3.63, 3.8) is 0 Å². The van der Waals surface area contributed by atoms with E-state index < -0.39 is 71.5 Å². The van der Waals surface area contributed by atoms with Crippen molar-refractivity contribution in [2.45, 2.75) is 128 Å². The van der Waals surface area contributed by atoms with Crippen LogP contribution in [0.2, 0.25) is 0 Å². The molecule has 13 heteroatoms. The smallest absolute Gasteiger partial charge is 0.410 e. The average molecular weight is 789 g/mol. The fourth-order valence-electron chi connectivity index (χ4n) is 9.79.